The van der Waals surface area contributed by atoms with E-state index in [9.17, 15) is 4.79 Å². The summed E-state index contributed by atoms with van der Waals surface area (Å²) in [7, 11) is 1.62. The Morgan fingerprint density at radius 2 is 2.37 bits per heavy atom. The molecule has 1 saturated heterocycles. The smallest absolute Gasteiger partial charge is 0.234 e. The molecule has 0 radical (unpaired) electrons. The first-order chi connectivity index (χ1) is 9.09. The highest BCUT2D eigenvalue weighted by molar-refractivity contribution is 6.31. The quantitative estimate of drug-likeness (QED) is 0.890. The number of amides is 1. The molecule has 0 aliphatic carbocycles. The fourth-order valence-electron chi connectivity index (χ4n) is 2.40. The van der Waals surface area contributed by atoms with Crippen molar-refractivity contribution < 1.29 is 9.53 Å². The molecule has 1 amide bonds. The van der Waals surface area contributed by atoms with E-state index in [1.165, 1.54) is 0 Å². The number of hydrogen-bond acceptors (Lipinski definition) is 3. The number of methoxy groups -OCH3 is 1. The van der Waals surface area contributed by atoms with Crippen molar-refractivity contribution in [2.75, 3.05) is 32.1 Å². The van der Waals surface area contributed by atoms with Gasteiger partial charge in [-0.15, -0.1) is 0 Å². The first-order valence-corrected chi connectivity index (χ1v) is 6.73. The lowest BCUT2D eigenvalue weighted by atomic mass is 9.87. The largest absolute Gasteiger partial charge is 0.384 e. The minimum Gasteiger partial charge on any atom is -0.384 e. The molecule has 5 heteroatoms. The topological polar surface area (TPSA) is 50.4 Å². The molecule has 1 unspecified atom stereocenters. The summed E-state index contributed by atoms with van der Waals surface area (Å²) < 4.78 is 5.22. The first-order valence-electron chi connectivity index (χ1n) is 6.35. The third-order valence-corrected chi connectivity index (χ3v) is 4.07. The maximum absolute atomic E-state index is 12.5. The van der Waals surface area contributed by atoms with Crippen LogP contribution in [0.25, 0.3) is 0 Å². The summed E-state index contributed by atoms with van der Waals surface area (Å²) in [6.45, 7) is 3.80. The molecular formula is C14H19ClN2O2. The first kappa shape index (κ1) is 14.3. The highest BCUT2D eigenvalue weighted by atomic mass is 35.5. The fraction of sp³-hybridized carbons (Fsp3) is 0.500. The second-order valence-electron chi connectivity index (χ2n) is 5.01. The number of anilines is 1. The summed E-state index contributed by atoms with van der Waals surface area (Å²) in [4.78, 5) is 12.5. The number of rotatable bonds is 4. The van der Waals surface area contributed by atoms with Crippen LogP contribution in [0.4, 0.5) is 5.69 Å². The highest BCUT2D eigenvalue weighted by Crippen LogP contribution is 2.30. The van der Waals surface area contributed by atoms with Crippen LogP contribution in [0.2, 0.25) is 5.02 Å². The summed E-state index contributed by atoms with van der Waals surface area (Å²) in [5.41, 5.74) is 1.17. The van der Waals surface area contributed by atoms with Gasteiger partial charge in [-0.1, -0.05) is 17.7 Å². The minimum atomic E-state index is -0.483. The number of hydrogen-bond donors (Lipinski definition) is 2. The van der Waals surface area contributed by atoms with E-state index in [0.29, 0.717) is 18.2 Å². The molecule has 1 aromatic carbocycles. The van der Waals surface area contributed by atoms with Crippen molar-refractivity contribution in [3.63, 3.8) is 0 Å². The highest BCUT2D eigenvalue weighted by Gasteiger charge is 2.41. The van der Waals surface area contributed by atoms with Crippen LogP contribution >= 0.6 is 11.6 Å². The molecule has 1 aliphatic rings. The second kappa shape index (κ2) is 5.90. The molecule has 0 spiro atoms. The monoisotopic (exact) mass is 282 g/mol. The van der Waals surface area contributed by atoms with Crippen LogP contribution in [-0.2, 0) is 9.53 Å². The lowest BCUT2D eigenvalue weighted by molar-refractivity contribution is -0.127. The zero-order valence-corrected chi connectivity index (χ0v) is 12.0. The van der Waals surface area contributed by atoms with Gasteiger partial charge in [-0.2, -0.15) is 0 Å². The third-order valence-electron chi connectivity index (χ3n) is 3.66. The van der Waals surface area contributed by atoms with Crippen LogP contribution in [0.5, 0.6) is 0 Å². The van der Waals surface area contributed by atoms with E-state index in [0.717, 1.165) is 24.2 Å². The minimum absolute atomic E-state index is 0.00952. The molecular weight excluding hydrogens is 264 g/mol. The molecule has 1 aromatic rings. The van der Waals surface area contributed by atoms with Gasteiger partial charge in [0, 0.05) is 24.4 Å². The summed E-state index contributed by atoms with van der Waals surface area (Å²) in [6.07, 6.45) is 0.784. The average molecular weight is 283 g/mol. The van der Waals surface area contributed by atoms with Crippen molar-refractivity contribution in [2.45, 2.75) is 13.3 Å². The Morgan fingerprint density at radius 3 is 3.00 bits per heavy atom. The van der Waals surface area contributed by atoms with Crippen molar-refractivity contribution >= 4 is 23.2 Å². The molecule has 0 aromatic heterocycles. The standard InChI is InChI=1S/C14H19ClN2O2/c1-10-11(15)4-3-5-12(10)17-13(18)14(9-19-2)6-7-16-8-14/h3-5,16H,6-9H2,1-2H3,(H,17,18). The molecule has 2 N–H and O–H groups in total. The number of carbonyl (C=O) groups excluding carboxylic acids is 1. The molecule has 1 aliphatic heterocycles. The van der Waals surface area contributed by atoms with Crippen LogP contribution in [-0.4, -0.2) is 32.7 Å². The van der Waals surface area contributed by atoms with Gasteiger partial charge < -0.3 is 15.4 Å². The van der Waals surface area contributed by atoms with E-state index in [4.69, 9.17) is 16.3 Å². The van der Waals surface area contributed by atoms with Gasteiger partial charge in [0.25, 0.3) is 0 Å². The van der Waals surface area contributed by atoms with Gasteiger partial charge in [-0.3, -0.25) is 4.79 Å². The van der Waals surface area contributed by atoms with Crippen molar-refractivity contribution in [1.29, 1.82) is 0 Å². The molecule has 1 fully saturated rings. The van der Waals surface area contributed by atoms with E-state index >= 15 is 0 Å². The number of halogens is 1. The summed E-state index contributed by atoms with van der Waals surface area (Å²) in [5.74, 6) is -0.00952. The van der Waals surface area contributed by atoms with E-state index in [1.54, 1.807) is 7.11 Å². The predicted octanol–water partition coefficient (Wildman–Crippen LogP) is 2.21. The van der Waals surface area contributed by atoms with Gasteiger partial charge in [0.15, 0.2) is 0 Å². The van der Waals surface area contributed by atoms with Gasteiger partial charge in [-0.05, 0) is 37.6 Å². The van der Waals surface area contributed by atoms with Crippen molar-refractivity contribution in [2.24, 2.45) is 5.41 Å². The van der Waals surface area contributed by atoms with E-state index in [2.05, 4.69) is 10.6 Å². The molecule has 1 heterocycles. The molecule has 1 atom stereocenters. The summed E-state index contributed by atoms with van der Waals surface area (Å²) in [6, 6.07) is 5.51. The summed E-state index contributed by atoms with van der Waals surface area (Å²) in [5, 5.41) is 6.85. The number of nitrogens with one attached hydrogen (secondary N) is 2. The molecule has 2 rings (SSSR count). The van der Waals surface area contributed by atoms with E-state index in [1.807, 2.05) is 25.1 Å². The fourth-order valence-corrected chi connectivity index (χ4v) is 2.57. The second-order valence-corrected chi connectivity index (χ2v) is 5.41. The van der Waals surface area contributed by atoms with Crippen molar-refractivity contribution in [1.82, 2.24) is 5.32 Å². The van der Waals surface area contributed by atoms with Crippen molar-refractivity contribution in [3.8, 4) is 0 Å². The Balaban J connectivity index is 2.17. The van der Waals surface area contributed by atoms with Gasteiger partial charge in [0.1, 0.15) is 0 Å². The molecule has 4 nitrogen and oxygen atoms in total. The van der Waals surface area contributed by atoms with Crippen LogP contribution in [0.3, 0.4) is 0 Å². The summed E-state index contributed by atoms with van der Waals surface area (Å²) >= 11 is 6.06. The Kier molecular flexibility index (Phi) is 4.45. The van der Waals surface area contributed by atoms with Gasteiger partial charge in [0.05, 0.1) is 12.0 Å². The Hall–Kier alpha value is -1.10. The predicted molar refractivity (Wildman–Crippen MR) is 76.6 cm³/mol. The maximum Gasteiger partial charge on any atom is 0.234 e. The van der Waals surface area contributed by atoms with Crippen LogP contribution in [0, 0.1) is 12.3 Å². The lowest BCUT2D eigenvalue weighted by Gasteiger charge is -2.26. The number of ether oxygens (including phenoxy) is 1. The van der Waals surface area contributed by atoms with Gasteiger partial charge in [0.2, 0.25) is 5.91 Å². The van der Waals surface area contributed by atoms with E-state index in [-0.39, 0.29) is 5.91 Å². The maximum atomic E-state index is 12.5. The van der Waals surface area contributed by atoms with Gasteiger partial charge >= 0.3 is 0 Å². The van der Waals surface area contributed by atoms with Gasteiger partial charge in [-0.25, -0.2) is 0 Å². The van der Waals surface area contributed by atoms with Crippen LogP contribution in [0.1, 0.15) is 12.0 Å². The van der Waals surface area contributed by atoms with Crippen LogP contribution in [0.15, 0.2) is 18.2 Å². The zero-order valence-electron chi connectivity index (χ0n) is 11.3. The van der Waals surface area contributed by atoms with Crippen LogP contribution < -0.4 is 10.6 Å². The molecule has 104 valence electrons. The lowest BCUT2D eigenvalue weighted by Crippen LogP contribution is -2.41. The molecule has 0 bridgehead atoms. The molecule has 0 saturated carbocycles. The number of benzene rings is 1. The van der Waals surface area contributed by atoms with E-state index < -0.39 is 5.41 Å². The zero-order chi connectivity index (χ0) is 13.9. The molecule has 19 heavy (non-hydrogen) atoms. The Labute approximate surface area is 118 Å². The Morgan fingerprint density at radius 1 is 1.58 bits per heavy atom. The number of carbonyl (C=O) groups is 1. The normalized spacial score (nSPS) is 22.5. The third kappa shape index (κ3) is 2.91. The Bertz CT molecular complexity index is 471. The van der Waals surface area contributed by atoms with Crippen molar-refractivity contribution in [3.05, 3.63) is 28.8 Å². The SMILES string of the molecule is COCC1(C(=O)Nc2cccc(Cl)c2C)CCNC1. The average Bonchev–Trinajstić information content (AvgIpc) is 2.85.